The Kier molecular flexibility index (Phi) is 38.4. The number of carboxylic acids is 5. The van der Waals surface area contributed by atoms with E-state index in [1.54, 1.807) is 6.92 Å². The largest absolute Gasteiger partial charge is 0.481 e. The van der Waals surface area contributed by atoms with Gasteiger partial charge in [-0.05, 0) is 0 Å². The SMILES string of the molecule is CC(=O)O.CC(=O)O.CC(=O)O.CC(=O)O.CCC(=O)O. The molecule has 0 fully saturated rings. The highest BCUT2D eigenvalue weighted by molar-refractivity contribution is 5.66. The van der Waals surface area contributed by atoms with E-state index in [4.69, 9.17) is 44.7 Å². The molecule has 0 aliphatic heterocycles. The number of hydrogen-bond donors (Lipinski definition) is 5. The normalized spacial score (nSPS) is 6.52. The van der Waals surface area contributed by atoms with Gasteiger partial charge in [0.2, 0.25) is 0 Å². The maximum absolute atomic E-state index is 9.37. The summed E-state index contributed by atoms with van der Waals surface area (Å²) in [6.45, 7) is 5.93. The Morgan fingerprint density at radius 3 is 0.619 bits per heavy atom. The van der Waals surface area contributed by atoms with Crippen molar-refractivity contribution in [3.63, 3.8) is 0 Å². The Bertz CT molecular complexity index is 244. The number of hydrogen-bond acceptors (Lipinski definition) is 5. The van der Waals surface area contributed by atoms with E-state index in [2.05, 4.69) is 0 Å². The summed E-state index contributed by atoms with van der Waals surface area (Å²) in [7, 11) is 0. The molecule has 0 aliphatic carbocycles. The predicted molar refractivity (Wildman–Crippen MR) is 71.2 cm³/mol. The lowest BCUT2D eigenvalue weighted by atomic mass is 10.5. The summed E-state index contributed by atoms with van der Waals surface area (Å²) in [5, 5.41) is 37.4. The van der Waals surface area contributed by atoms with Gasteiger partial charge in [0.05, 0.1) is 0 Å². The molecule has 10 heteroatoms. The summed E-state index contributed by atoms with van der Waals surface area (Å²) in [4.78, 5) is 45.4. The quantitative estimate of drug-likeness (QED) is 0.464. The molecule has 0 unspecified atom stereocenters. The van der Waals surface area contributed by atoms with Gasteiger partial charge in [-0.15, -0.1) is 0 Å². The van der Waals surface area contributed by atoms with E-state index >= 15 is 0 Å². The summed E-state index contributed by atoms with van der Waals surface area (Å²) in [5.41, 5.74) is 0. The van der Waals surface area contributed by atoms with E-state index in [-0.39, 0.29) is 6.42 Å². The van der Waals surface area contributed by atoms with Crippen LogP contribution >= 0.6 is 0 Å². The lowest BCUT2D eigenvalue weighted by Crippen LogP contribution is -1.86. The van der Waals surface area contributed by atoms with Crippen molar-refractivity contribution in [1.29, 1.82) is 0 Å². The Balaban J connectivity index is -0.0000000510. The Morgan fingerprint density at radius 2 is 0.619 bits per heavy atom. The van der Waals surface area contributed by atoms with Crippen molar-refractivity contribution in [3.8, 4) is 0 Å². The highest BCUT2D eigenvalue weighted by atomic mass is 16.4. The first-order valence-electron chi connectivity index (χ1n) is 5.20. The summed E-state index contributed by atoms with van der Waals surface area (Å²) in [5.74, 6) is -4.08. The van der Waals surface area contributed by atoms with Crippen molar-refractivity contribution in [2.24, 2.45) is 0 Å². The van der Waals surface area contributed by atoms with Crippen molar-refractivity contribution in [1.82, 2.24) is 0 Å². The fourth-order valence-corrected chi connectivity index (χ4v) is 0. The summed E-state index contributed by atoms with van der Waals surface area (Å²) >= 11 is 0. The second-order valence-corrected chi connectivity index (χ2v) is 2.82. The van der Waals surface area contributed by atoms with Crippen LogP contribution in [0.1, 0.15) is 41.0 Å². The highest BCUT2D eigenvalue weighted by Gasteiger charge is 1.80. The molecule has 0 aromatic carbocycles. The zero-order valence-corrected chi connectivity index (χ0v) is 12.5. The van der Waals surface area contributed by atoms with Crippen LogP contribution in [0.4, 0.5) is 0 Å². The van der Waals surface area contributed by atoms with Gasteiger partial charge in [-0.2, -0.15) is 0 Å². The van der Waals surface area contributed by atoms with E-state index < -0.39 is 29.8 Å². The lowest BCUT2D eigenvalue weighted by molar-refractivity contribution is -0.137. The Labute approximate surface area is 121 Å². The van der Waals surface area contributed by atoms with E-state index in [9.17, 15) is 4.79 Å². The molecular weight excluding hydrogens is 292 g/mol. The average Bonchev–Trinajstić information content (AvgIpc) is 2.13. The Morgan fingerprint density at radius 1 is 0.571 bits per heavy atom. The molecule has 10 nitrogen and oxygen atoms in total. The van der Waals surface area contributed by atoms with Gasteiger partial charge in [0.25, 0.3) is 23.9 Å². The van der Waals surface area contributed by atoms with Crippen LogP contribution < -0.4 is 0 Å². The van der Waals surface area contributed by atoms with Crippen LogP contribution in [0.3, 0.4) is 0 Å². The van der Waals surface area contributed by atoms with Gasteiger partial charge in [0.15, 0.2) is 0 Å². The van der Waals surface area contributed by atoms with Crippen LogP contribution in [-0.4, -0.2) is 55.4 Å². The van der Waals surface area contributed by atoms with E-state index in [0.717, 1.165) is 27.7 Å². The second-order valence-electron chi connectivity index (χ2n) is 2.82. The number of carboxylic acid groups (broad SMARTS) is 5. The number of aliphatic carboxylic acids is 5. The standard InChI is InChI=1S/C3H6O2.4C2H4O2/c1-2-3(4)5;4*1-2(3)4/h2H2,1H3,(H,4,5);4*1H3,(H,3,4). The van der Waals surface area contributed by atoms with Crippen LogP contribution in [0, 0.1) is 0 Å². The topological polar surface area (TPSA) is 186 Å². The van der Waals surface area contributed by atoms with Crippen LogP contribution in [0.25, 0.3) is 0 Å². The molecule has 0 heterocycles. The van der Waals surface area contributed by atoms with Crippen molar-refractivity contribution < 1.29 is 49.5 Å². The number of carbonyl (C=O) groups is 5. The van der Waals surface area contributed by atoms with Crippen LogP contribution in [0.5, 0.6) is 0 Å². The molecule has 126 valence electrons. The third kappa shape index (κ3) is 9680. The van der Waals surface area contributed by atoms with Crippen LogP contribution in [-0.2, 0) is 24.0 Å². The molecular formula is C11H22O10. The van der Waals surface area contributed by atoms with Gasteiger partial charge in [-0.1, -0.05) is 6.92 Å². The minimum atomic E-state index is -0.833. The molecule has 0 bridgehead atoms. The smallest absolute Gasteiger partial charge is 0.303 e. The molecule has 0 amide bonds. The molecule has 0 atom stereocenters. The average molecular weight is 314 g/mol. The first-order chi connectivity index (χ1) is 9.20. The minimum absolute atomic E-state index is 0.222. The van der Waals surface area contributed by atoms with Crippen LogP contribution in [0.15, 0.2) is 0 Å². The van der Waals surface area contributed by atoms with Gasteiger partial charge in [0, 0.05) is 34.1 Å². The van der Waals surface area contributed by atoms with Crippen LogP contribution in [0.2, 0.25) is 0 Å². The first-order valence-corrected chi connectivity index (χ1v) is 5.20. The van der Waals surface area contributed by atoms with Gasteiger partial charge in [-0.3, -0.25) is 24.0 Å². The molecule has 0 saturated heterocycles. The third-order valence-corrected chi connectivity index (χ3v) is 0.302. The minimum Gasteiger partial charge on any atom is -0.481 e. The first kappa shape index (κ1) is 31.0. The number of rotatable bonds is 1. The fraction of sp³-hybridized carbons (Fsp3) is 0.545. The third-order valence-electron chi connectivity index (χ3n) is 0.302. The summed E-state index contributed by atoms with van der Waals surface area (Å²) in [6.07, 6.45) is 0.222. The molecule has 0 spiro atoms. The van der Waals surface area contributed by atoms with Gasteiger partial charge in [-0.25, -0.2) is 0 Å². The van der Waals surface area contributed by atoms with E-state index in [0.29, 0.717) is 0 Å². The van der Waals surface area contributed by atoms with Crippen molar-refractivity contribution in [2.45, 2.75) is 41.0 Å². The summed E-state index contributed by atoms with van der Waals surface area (Å²) < 4.78 is 0. The zero-order valence-electron chi connectivity index (χ0n) is 12.5. The van der Waals surface area contributed by atoms with E-state index in [1.807, 2.05) is 0 Å². The fourth-order valence-electron chi connectivity index (χ4n) is 0. The van der Waals surface area contributed by atoms with Gasteiger partial charge in [0.1, 0.15) is 0 Å². The molecule has 0 rings (SSSR count). The van der Waals surface area contributed by atoms with Gasteiger partial charge >= 0.3 is 5.97 Å². The zero-order chi connectivity index (χ0) is 18.6. The molecule has 0 aromatic heterocycles. The van der Waals surface area contributed by atoms with Crippen molar-refractivity contribution in [2.75, 3.05) is 0 Å². The highest BCUT2D eigenvalue weighted by Crippen LogP contribution is 1.67. The molecule has 0 radical (unpaired) electrons. The molecule has 0 saturated carbocycles. The summed E-state index contributed by atoms with van der Waals surface area (Å²) in [6, 6.07) is 0. The predicted octanol–water partition coefficient (Wildman–Crippen LogP) is 0.845. The van der Waals surface area contributed by atoms with E-state index in [1.165, 1.54) is 0 Å². The molecule has 0 aliphatic rings. The molecule has 5 N–H and O–H groups in total. The molecule has 0 aromatic rings. The lowest BCUT2D eigenvalue weighted by Gasteiger charge is -1.71. The van der Waals surface area contributed by atoms with Crippen molar-refractivity contribution >= 4 is 29.8 Å². The monoisotopic (exact) mass is 314 g/mol. The maximum Gasteiger partial charge on any atom is 0.303 e. The maximum atomic E-state index is 9.37. The van der Waals surface area contributed by atoms with Gasteiger partial charge < -0.3 is 25.5 Å². The van der Waals surface area contributed by atoms with Crippen molar-refractivity contribution in [3.05, 3.63) is 0 Å². The molecule has 21 heavy (non-hydrogen) atoms. The Hall–Kier alpha value is -2.65. The second kappa shape index (κ2) is 26.0.